The molecule has 0 fully saturated rings. The Morgan fingerprint density at radius 3 is 2.74 bits per heavy atom. The second-order valence-corrected chi connectivity index (χ2v) is 6.03. The van der Waals surface area contributed by atoms with Crippen molar-refractivity contribution in [3.8, 4) is 0 Å². The lowest BCUT2D eigenvalue weighted by Gasteiger charge is -2.31. The van der Waals surface area contributed by atoms with Gasteiger partial charge >= 0.3 is 0 Å². The monoisotopic (exact) mass is 256 g/mol. The summed E-state index contributed by atoms with van der Waals surface area (Å²) < 4.78 is 1.89. The summed E-state index contributed by atoms with van der Waals surface area (Å²) >= 11 is 0. The Morgan fingerprint density at radius 2 is 2.00 bits per heavy atom. The van der Waals surface area contributed by atoms with Crippen molar-refractivity contribution in [1.29, 1.82) is 0 Å². The van der Waals surface area contributed by atoms with Crippen LogP contribution in [0.2, 0.25) is 0 Å². The van der Waals surface area contributed by atoms with Crippen LogP contribution in [0.3, 0.4) is 0 Å². The molecule has 0 aliphatic heterocycles. The average Bonchev–Trinajstić information content (AvgIpc) is 2.34. The lowest BCUT2D eigenvalue weighted by molar-refractivity contribution is 0.0907. The smallest absolute Gasteiger partial charge is 0.202 e. The largest absolute Gasteiger partial charge is 0.332 e. The number of aryl methyl sites for hydroxylation is 1. The van der Waals surface area contributed by atoms with Gasteiger partial charge in [-0.2, -0.15) is 0 Å². The van der Waals surface area contributed by atoms with Crippen LogP contribution in [-0.4, -0.2) is 15.3 Å². The number of hydrogen-bond donors (Lipinski definition) is 0. The maximum absolute atomic E-state index is 12.5. The molecule has 0 bridgehead atoms. The number of fused-ring (bicyclic) bond motifs is 2. The van der Waals surface area contributed by atoms with E-state index in [1.54, 1.807) is 18.3 Å². The second kappa shape index (κ2) is 3.76. The number of ketones is 1. The highest BCUT2D eigenvalue weighted by Gasteiger charge is 2.34. The Labute approximate surface area is 111 Å². The molecule has 0 radical (unpaired) electrons. The number of rotatable bonds is 0. The van der Waals surface area contributed by atoms with Crippen LogP contribution in [0.1, 0.15) is 36.3 Å². The van der Waals surface area contributed by atoms with Gasteiger partial charge in [-0.15, -0.1) is 0 Å². The van der Waals surface area contributed by atoms with Crippen molar-refractivity contribution in [2.45, 2.75) is 26.7 Å². The molecular formula is C15H16N2O2. The van der Waals surface area contributed by atoms with Crippen LogP contribution in [0.15, 0.2) is 23.1 Å². The second-order valence-electron chi connectivity index (χ2n) is 6.03. The summed E-state index contributed by atoms with van der Waals surface area (Å²) in [4.78, 5) is 29.0. The van der Waals surface area contributed by atoms with Gasteiger partial charge < -0.3 is 4.57 Å². The Balaban J connectivity index is 2.46. The van der Waals surface area contributed by atoms with Crippen LogP contribution in [0.4, 0.5) is 0 Å². The topological polar surface area (TPSA) is 52.0 Å². The molecule has 2 aromatic rings. The number of nitrogens with zero attached hydrogens (tertiary/aromatic N) is 2. The predicted molar refractivity (Wildman–Crippen MR) is 73.4 cm³/mol. The van der Waals surface area contributed by atoms with Gasteiger partial charge in [-0.05, 0) is 24.0 Å². The maximum atomic E-state index is 12.5. The maximum Gasteiger partial charge on any atom is 0.202 e. The summed E-state index contributed by atoms with van der Waals surface area (Å²) in [5.41, 5.74) is 1.56. The van der Waals surface area contributed by atoms with Crippen molar-refractivity contribution in [2.24, 2.45) is 12.5 Å². The molecule has 4 nitrogen and oxygen atoms in total. The van der Waals surface area contributed by atoms with Gasteiger partial charge in [-0.25, -0.2) is 4.98 Å². The molecule has 0 N–H and O–H groups in total. The molecule has 0 unspecified atom stereocenters. The molecule has 0 amide bonds. The predicted octanol–water partition coefficient (Wildman–Crippen LogP) is 2.09. The highest BCUT2D eigenvalue weighted by atomic mass is 16.1. The minimum atomic E-state index is -0.170. The third-order valence-corrected chi connectivity index (χ3v) is 3.83. The molecular weight excluding hydrogens is 240 g/mol. The molecule has 2 heterocycles. The fraction of sp³-hybridized carbons (Fsp3) is 0.400. The minimum Gasteiger partial charge on any atom is -0.332 e. The van der Waals surface area contributed by atoms with E-state index < -0.39 is 0 Å². The lowest BCUT2D eigenvalue weighted by Crippen LogP contribution is -2.34. The first-order valence-corrected chi connectivity index (χ1v) is 6.40. The first-order chi connectivity index (χ1) is 8.91. The molecule has 98 valence electrons. The standard InChI is InChI=1S/C15H16N2O2/c1-15(2)7-10-12(11(18)8-15)13(19)9-5-4-6-16-14(9)17(10)3/h4-6H,7-8H2,1-3H3. The van der Waals surface area contributed by atoms with E-state index in [9.17, 15) is 9.59 Å². The summed E-state index contributed by atoms with van der Waals surface area (Å²) in [5, 5.41) is 0.525. The third kappa shape index (κ3) is 1.70. The SMILES string of the molecule is Cn1c2c(c(=O)c3cccnc31)C(=O)CC(C)(C)C2. The molecule has 0 atom stereocenters. The van der Waals surface area contributed by atoms with Crippen molar-refractivity contribution < 1.29 is 4.79 Å². The minimum absolute atomic E-state index is 0.0439. The number of aromatic nitrogens is 2. The van der Waals surface area contributed by atoms with Gasteiger partial charge in [0.25, 0.3) is 0 Å². The molecule has 0 spiro atoms. The summed E-state index contributed by atoms with van der Waals surface area (Å²) in [6.45, 7) is 4.11. The fourth-order valence-corrected chi connectivity index (χ4v) is 2.94. The highest BCUT2D eigenvalue weighted by molar-refractivity contribution is 6.01. The van der Waals surface area contributed by atoms with E-state index in [4.69, 9.17) is 0 Å². The van der Waals surface area contributed by atoms with Gasteiger partial charge in [-0.1, -0.05) is 13.8 Å². The van der Waals surface area contributed by atoms with E-state index in [-0.39, 0.29) is 16.6 Å². The van der Waals surface area contributed by atoms with E-state index in [0.717, 1.165) is 12.1 Å². The number of hydrogen-bond acceptors (Lipinski definition) is 3. The van der Waals surface area contributed by atoms with E-state index in [1.165, 1.54) is 0 Å². The molecule has 1 aliphatic rings. The molecule has 19 heavy (non-hydrogen) atoms. The number of Topliss-reactive ketones (excluding diaryl/α,β-unsaturated/α-hetero) is 1. The van der Waals surface area contributed by atoms with Crippen LogP contribution < -0.4 is 5.43 Å². The number of carbonyl (C=O) groups is 1. The fourth-order valence-electron chi connectivity index (χ4n) is 2.94. The summed E-state index contributed by atoms with van der Waals surface area (Å²) in [6, 6.07) is 3.46. The van der Waals surface area contributed by atoms with Crippen molar-refractivity contribution >= 4 is 16.8 Å². The molecule has 0 saturated heterocycles. The van der Waals surface area contributed by atoms with E-state index in [1.807, 2.05) is 11.6 Å². The summed E-state index contributed by atoms with van der Waals surface area (Å²) in [7, 11) is 1.88. The van der Waals surface area contributed by atoms with Crippen LogP contribution >= 0.6 is 0 Å². The molecule has 0 aromatic carbocycles. The quantitative estimate of drug-likeness (QED) is 0.725. The Bertz CT molecular complexity index is 757. The Kier molecular flexibility index (Phi) is 2.39. The van der Waals surface area contributed by atoms with Gasteiger partial charge in [0, 0.05) is 25.4 Å². The zero-order valence-electron chi connectivity index (χ0n) is 11.4. The normalized spacial score (nSPS) is 17.5. The van der Waals surface area contributed by atoms with Crippen molar-refractivity contribution in [1.82, 2.24) is 9.55 Å². The first kappa shape index (κ1) is 12.1. The van der Waals surface area contributed by atoms with E-state index in [2.05, 4.69) is 18.8 Å². The molecule has 2 aromatic heterocycles. The Hall–Kier alpha value is -1.97. The summed E-state index contributed by atoms with van der Waals surface area (Å²) in [5.74, 6) is -0.0439. The van der Waals surface area contributed by atoms with E-state index >= 15 is 0 Å². The Morgan fingerprint density at radius 1 is 1.26 bits per heavy atom. The zero-order chi connectivity index (χ0) is 13.8. The zero-order valence-corrected chi connectivity index (χ0v) is 11.4. The number of carbonyl (C=O) groups excluding carboxylic acids is 1. The molecule has 4 heteroatoms. The van der Waals surface area contributed by atoms with Crippen LogP contribution in [0.25, 0.3) is 11.0 Å². The molecule has 3 rings (SSSR count). The third-order valence-electron chi connectivity index (χ3n) is 3.83. The average molecular weight is 256 g/mol. The van der Waals surface area contributed by atoms with Gasteiger partial charge in [0.05, 0.1) is 10.9 Å². The lowest BCUT2D eigenvalue weighted by atomic mass is 9.75. The first-order valence-electron chi connectivity index (χ1n) is 6.40. The van der Waals surface area contributed by atoms with Gasteiger partial charge in [0.15, 0.2) is 5.78 Å². The van der Waals surface area contributed by atoms with Crippen molar-refractivity contribution in [3.63, 3.8) is 0 Å². The van der Waals surface area contributed by atoms with Crippen LogP contribution in [-0.2, 0) is 13.5 Å². The van der Waals surface area contributed by atoms with E-state index in [0.29, 0.717) is 23.0 Å². The van der Waals surface area contributed by atoms with Crippen LogP contribution in [0.5, 0.6) is 0 Å². The summed E-state index contributed by atoms with van der Waals surface area (Å²) in [6.07, 6.45) is 2.83. The molecule has 1 aliphatic carbocycles. The van der Waals surface area contributed by atoms with Gasteiger partial charge in [-0.3, -0.25) is 9.59 Å². The van der Waals surface area contributed by atoms with Crippen molar-refractivity contribution in [2.75, 3.05) is 0 Å². The van der Waals surface area contributed by atoms with Gasteiger partial charge in [0.1, 0.15) is 5.65 Å². The highest BCUT2D eigenvalue weighted by Crippen LogP contribution is 2.34. The number of pyridine rings is 2. The van der Waals surface area contributed by atoms with Gasteiger partial charge in [0.2, 0.25) is 5.43 Å². The molecule has 0 saturated carbocycles. The van der Waals surface area contributed by atoms with Crippen molar-refractivity contribution in [3.05, 3.63) is 39.8 Å². The van der Waals surface area contributed by atoms with Crippen LogP contribution in [0, 0.1) is 5.41 Å².